The molecule has 0 unspecified atom stereocenters. The molecular weight excluding hydrogens is 238 g/mol. The summed E-state index contributed by atoms with van der Waals surface area (Å²) in [5.41, 5.74) is 4.10. The first-order chi connectivity index (χ1) is 9.06. The Morgan fingerprint density at radius 1 is 1.42 bits per heavy atom. The van der Waals surface area contributed by atoms with Crippen molar-refractivity contribution >= 4 is 11.6 Å². The minimum absolute atomic E-state index is 0.0417. The van der Waals surface area contributed by atoms with Gasteiger partial charge in [0, 0.05) is 30.9 Å². The van der Waals surface area contributed by atoms with Gasteiger partial charge in [-0.25, -0.2) is 4.98 Å². The zero-order valence-corrected chi connectivity index (χ0v) is 11.6. The molecule has 4 nitrogen and oxygen atoms in total. The van der Waals surface area contributed by atoms with E-state index in [-0.39, 0.29) is 5.91 Å². The molecule has 4 heteroatoms. The van der Waals surface area contributed by atoms with Crippen LogP contribution in [0.1, 0.15) is 25.2 Å². The van der Waals surface area contributed by atoms with Gasteiger partial charge in [-0.1, -0.05) is 11.6 Å². The van der Waals surface area contributed by atoms with Crippen molar-refractivity contribution in [1.82, 2.24) is 14.7 Å². The molecule has 0 aliphatic carbocycles. The Morgan fingerprint density at radius 3 is 2.89 bits per heavy atom. The van der Waals surface area contributed by atoms with Gasteiger partial charge in [0.2, 0.25) is 5.91 Å². The molecule has 100 valence electrons. The van der Waals surface area contributed by atoms with Crippen molar-refractivity contribution in [3.05, 3.63) is 47.4 Å². The van der Waals surface area contributed by atoms with E-state index in [1.54, 1.807) is 6.08 Å². The van der Waals surface area contributed by atoms with E-state index in [0.29, 0.717) is 6.54 Å². The number of fused-ring (bicyclic) bond motifs is 1. The summed E-state index contributed by atoms with van der Waals surface area (Å²) in [5.74, 6) is -0.0417. The van der Waals surface area contributed by atoms with Gasteiger partial charge in [0.25, 0.3) is 0 Å². The van der Waals surface area contributed by atoms with Crippen molar-refractivity contribution in [2.45, 2.75) is 27.2 Å². The molecule has 0 aliphatic heterocycles. The van der Waals surface area contributed by atoms with Crippen LogP contribution in [-0.4, -0.2) is 21.8 Å². The number of nitrogens with one attached hydrogen (secondary N) is 1. The van der Waals surface area contributed by atoms with Crippen LogP contribution in [0, 0.1) is 6.92 Å². The summed E-state index contributed by atoms with van der Waals surface area (Å²) >= 11 is 0. The van der Waals surface area contributed by atoms with E-state index in [9.17, 15) is 4.79 Å². The number of aryl methyl sites for hydroxylation is 1. The molecule has 0 bridgehead atoms. The topological polar surface area (TPSA) is 46.4 Å². The Hall–Kier alpha value is -2.10. The fourth-order valence-electron chi connectivity index (χ4n) is 1.95. The molecule has 0 spiro atoms. The van der Waals surface area contributed by atoms with Gasteiger partial charge in [0.15, 0.2) is 0 Å². The average molecular weight is 257 g/mol. The minimum Gasteiger partial charge on any atom is -0.352 e. The summed E-state index contributed by atoms with van der Waals surface area (Å²) in [4.78, 5) is 16.0. The molecule has 2 aromatic rings. The maximum absolute atomic E-state index is 11.5. The average Bonchev–Trinajstić information content (AvgIpc) is 2.72. The van der Waals surface area contributed by atoms with E-state index in [1.165, 1.54) is 0 Å². The second kappa shape index (κ2) is 5.69. The third-order valence-corrected chi connectivity index (χ3v) is 2.85. The Bertz CT molecular complexity index is 621. The van der Waals surface area contributed by atoms with Crippen LogP contribution < -0.4 is 5.32 Å². The zero-order chi connectivity index (χ0) is 13.8. The molecule has 1 N–H and O–H groups in total. The van der Waals surface area contributed by atoms with Crippen LogP contribution in [0.4, 0.5) is 0 Å². The molecular formula is C15H19N3O. The molecule has 0 aliphatic rings. The highest BCUT2D eigenvalue weighted by molar-refractivity contribution is 5.87. The normalized spacial score (nSPS) is 10.5. The number of imidazole rings is 1. The molecule has 0 radical (unpaired) electrons. The van der Waals surface area contributed by atoms with Crippen LogP contribution in [0.3, 0.4) is 0 Å². The highest BCUT2D eigenvalue weighted by Crippen LogP contribution is 2.08. The summed E-state index contributed by atoms with van der Waals surface area (Å²) in [6, 6.07) is 6.03. The highest BCUT2D eigenvalue weighted by atomic mass is 16.1. The Kier molecular flexibility index (Phi) is 4.00. The lowest BCUT2D eigenvalue weighted by Gasteiger charge is -2.00. The van der Waals surface area contributed by atoms with Crippen LogP contribution in [0.5, 0.6) is 0 Å². The van der Waals surface area contributed by atoms with E-state index >= 15 is 0 Å². The van der Waals surface area contributed by atoms with Gasteiger partial charge >= 0.3 is 0 Å². The monoisotopic (exact) mass is 257 g/mol. The van der Waals surface area contributed by atoms with E-state index in [2.05, 4.69) is 27.7 Å². The Balaban J connectivity index is 1.97. The number of hydrogen-bond acceptors (Lipinski definition) is 2. The summed E-state index contributed by atoms with van der Waals surface area (Å²) in [5, 5.41) is 2.86. The van der Waals surface area contributed by atoms with Gasteiger partial charge in [-0.3, -0.25) is 4.79 Å². The maximum Gasteiger partial charge on any atom is 0.243 e. The summed E-state index contributed by atoms with van der Waals surface area (Å²) in [7, 11) is 0. The lowest BCUT2D eigenvalue weighted by Crippen LogP contribution is -2.23. The zero-order valence-electron chi connectivity index (χ0n) is 11.6. The van der Waals surface area contributed by atoms with E-state index in [4.69, 9.17) is 0 Å². The Morgan fingerprint density at radius 2 is 2.21 bits per heavy atom. The fourth-order valence-corrected chi connectivity index (χ4v) is 1.95. The maximum atomic E-state index is 11.5. The lowest BCUT2D eigenvalue weighted by molar-refractivity contribution is -0.116. The number of rotatable bonds is 4. The molecule has 0 aromatic carbocycles. The predicted octanol–water partition coefficient (Wildman–Crippen LogP) is 2.27. The number of carbonyl (C=O) groups is 1. The smallest absolute Gasteiger partial charge is 0.243 e. The predicted molar refractivity (Wildman–Crippen MR) is 76.1 cm³/mol. The molecule has 0 saturated carbocycles. The van der Waals surface area contributed by atoms with Gasteiger partial charge in [0.05, 0.1) is 5.69 Å². The highest BCUT2D eigenvalue weighted by Gasteiger charge is 2.03. The fraction of sp³-hybridized carbons (Fsp3) is 0.333. The lowest BCUT2D eigenvalue weighted by atomic mass is 10.3. The summed E-state index contributed by atoms with van der Waals surface area (Å²) < 4.78 is 2.06. The van der Waals surface area contributed by atoms with Crippen LogP contribution in [0.25, 0.3) is 5.65 Å². The molecule has 19 heavy (non-hydrogen) atoms. The molecule has 0 atom stereocenters. The summed E-state index contributed by atoms with van der Waals surface area (Å²) in [6.45, 7) is 6.47. The standard InChI is InChI=1S/C15H19N3O/c1-11(2)9-15(19)16-8-7-13-10-18-12(3)5-4-6-14(18)17-13/h4-6,9-10H,7-8H2,1-3H3,(H,16,19). The number of pyridine rings is 1. The SMILES string of the molecule is CC(C)=CC(=O)NCCc1cn2c(C)cccc2n1. The second-order valence-electron chi connectivity index (χ2n) is 4.89. The second-order valence-corrected chi connectivity index (χ2v) is 4.89. The van der Waals surface area contributed by atoms with Crippen molar-refractivity contribution in [1.29, 1.82) is 0 Å². The number of amides is 1. The van der Waals surface area contributed by atoms with E-state index in [0.717, 1.165) is 29.0 Å². The van der Waals surface area contributed by atoms with Crippen molar-refractivity contribution in [2.24, 2.45) is 0 Å². The van der Waals surface area contributed by atoms with Gasteiger partial charge in [-0.2, -0.15) is 0 Å². The van der Waals surface area contributed by atoms with Gasteiger partial charge in [-0.15, -0.1) is 0 Å². The number of carbonyl (C=O) groups excluding carboxylic acids is 1. The minimum atomic E-state index is -0.0417. The first-order valence-electron chi connectivity index (χ1n) is 6.42. The number of nitrogens with zero attached hydrogens (tertiary/aromatic N) is 2. The molecule has 2 heterocycles. The molecule has 0 saturated heterocycles. The van der Waals surface area contributed by atoms with Crippen LogP contribution in [0.2, 0.25) is 0 Å². The largest absolute Gasteiger partial charge is 0.352 e. The van der Waals surface area contributed by atoms with Crippen LogP contribution in [-0.2, 0) is 11.2 Å². The van der Waals surface area contributed by atoms with Crippen molar-refractivity contribution in [3.8, 4) is 0 Å². The number of aromatic nitrogens is 2. The van der Waals surface area contributed by atoms with Crippen molar-refractivity contribution in [3.63, 3.8) is 0 Å². The first-order valence-corrected chi connectivity index (χ1v) is 6.42. The molecule has 2 aromatic heterocycles. The van der Waals surface area contributed by atoms with Crippen molar-refractivity contribution < 1.29 is 4.79 Å². The van der Waals surface area contributed by atoms with Crippen molar-refractivity contribution in [2.75, 3.05) is 6.54 Å². The Labute approximate surface area is 113 Å². The van der Waals surface area contributed by atoms with Gasteiger partial charge in [0.1, 0.15) is 5.65 Å². The quantitative estimate of drug-likeness (QED) is 0.854. The van der Waals surface area contributed by atoms with E-state index < -0.39 is 0 Å². The van der Waals surface area contributed by atoms with E-state index in [1.807, 2.05) is 32.2 Å². The molecule has 0 fully saturated rings. The third-order valence-electron chi connectivity index (χ3n) is 2.85. The van der Waals surface area contributed by atoms with Crippen LogP contribution >= 0.6 is 0 Å². The van der Waals surface area contributed by atoms with Crippen LogP contribution in [0.15, 0.2) is 36.0 Å². The molecule has 1 amide bonds. The van der Waals surface area contributed by atoms with Gasteiger partial charge < -0.3 is 9.72 Å². The first kappa shape index (κ1) is 13.3. The molecule has 2 rings (SSSR count). The number of hydrogen-bond donors (Lipinski definition) is 1. The third kappa shape index (κ3) is 3.44. The summed E-state index contributed by atoms with van der Waals surface area (Å²) in [6.07, 6.45) is 4.37. The van der Waals surface area contributed by atoms with Gasteiger partial charge in [-0.05, 0) is 32.9 Å². The number of allylic oxidation sites excluding steroid dienone is 1.